The van der Waals surface area contributed by atoms with E-state index in [1.807, 2.05) is 48.5 Å². The summed E-state index contributed by atoms with van der Waals surface area (Å²) in [6, 6.07) is 17.8. The Morgan fingerprint density at radius 1 is 0.938 bits per heavy atom. The van der Waals surface area contributed by atoms with Gasteiger partial charge in [-0.2, -0.15) is 0 Å². The van der Waals surface area contributed by atoms with Crippen LogP contribution in [0.5, 0.6) is 0 Å². The van der Waals surface area contributed by atoms with E-state index in [-0.39, 0.29) is 5.69 Å². The Bertz CT molecular complexity index is 1330. The normalized spacial score (nSPS) is 27.2. The van der Waals surface area contributed by atoms with Crippen molar-refractivity contribution in [3.8, 4) is 0 Å². The second kappa shape index (κ2) is 6.23. The van der Waals surface area contributed by atoms with Crippen molar-refractivity contribution in [2.24, 2.45) is 11.8 Å². The summed E-state index contributed by atoms with van der Waals surface area (Å²) in [5.41, 5.74) is 2.40. The number of carbonyl (C=O) groups is 2. The summed E-state index contributed by atoms with van der Waals surface area (Å²) < 4.78 is 13.7. The van der Waals surface area contributed by atoms with Crippen LogP contribution in [0.4, 0.5) is 15.8 Å². The monoisotopic (exact) mass is 448 g/mol. The first kappa shape index (κ1) is 19.1. The molecule has 0 saturated carbocycles. The van der Waals surface area contributed by atoms with Crippen LogP contribution in [0.25, 0.3) is 0 Å². The molecule has 0 unspecified atom stereocenters. The predicted octanol–water partition coefficient (Wildman–Crippen LogP) is 4.48. The molecular formula is C24H14ClFN2O4. The highest BCUT2D eigenvalue weighted by Crippen LogP contribution is 2.66. The minimum absolute atomic E-state index is 0.242. The summed E-state index contributed by atoms with van der Waals surface area (Å²) in [7, 11) is 0. The lowest BCUT2D eigenvalue weighted by molar-refractivity contribution is -0.384. The molecule has 2 bridgehead atoms. The van der Waals surface area contributed by atoms with Crippen LogP contribution in [0.15, 0.2) is 66.7 Å². The number of amides is 2. The number of halogens is 2. The maximum atomic E-state index is 13.7. The van der Waals surface area contributed by atoms with Gasteiger partial charge in [0.15, 0.2) is 0 Å². The standard InChI is InChI=1S/C24H14ClFN2O4/c25-24-15-7-3-1-5-13(15)19(14-6-2-4-8-16(14)24)20-21(24)23(30)27(22(20)29)17-10-9-12(26)11-18(17)28(31)32/h1-11,19-21H/t19?,20-,21-,24?/m0/s1. The van der Waals surface area contributed by atoms with Gasteiger partial charge in [-0.15, -0.1) is 11.6 Å². The zero-order valence-corrected chi connectivity index (χ0v) is 17.1. The van der Waals surface area contributed by atoms with Gasteiger partial charge in [-0.1, -0.05) is 48.5 Å². The van der Waals surface area contributed by atoms with Gasteiger partial charge in [-0.3, -0.25) is 19.7 Å². The number of hydrogen-bond donors (Lipinski definition) is 0. The topological polar surface area (TPSA) is 80.5 Å². The van der Waals surface area contributed by atoms with Gasteiger partial charge in [0.25, 0.3) is 5.69 Å². The van der Waals surface area contributed by atoms with Crippen molar-refractivity contribution in [2.75, 3.05) is 4.90 Å². The minimum Gasteiger partial charge on any atom is -0.274 e. The minimum atomic E-state index is -1.29. The van der Waals surface area contributed by atoms with Crippen molar-refractivity contribution >= 4 is 34.8 Å². The van der Waals surface area contributed by atoms with Crippen LogP contribution in [0, 0.1) is 27.8 Å². The Balaban J connectivity index is 1.61. The molecule has 0 radical (unpaired) electrons. The van der Waals surface area contributed by atoms with E-state index in [0.29, 0.717) is 6.07 Å². The predicted molar refractivity (Wildman–Crippen MR) is 114 cm³/mol. The number of imide groups is 1. The molecule has 2 amide bonds. The summed E-state index contributed by atoms with van der Waals surface area (Å²) >= 11 is 7.31. The molecule has 6 nitrogen and oxygen atoms in total. The average molecular weight is 449 g/mol. The van der Waals surface area contributed by atoms with Crippen molar-refractivity contribution in [2.45, 2.75) is 10.8 Å². The summed E-state index contributed by atoms with van der Waals surface area (Å²) in [6.07, 6.45) is 0. The van der Waals surface area contributed by atoms with Gasteiger partial charge in [-0.25, -0.2) is 9.29 Å². The number of alkyl halides is 1. The molecule has 3 aliphatic carbocycles. The van der Waals surface area contributed by atoms with Gasteiger partial charge in [0.05, 0.1) is 22.8 Å². The molecule has 1 saturated heterocycles. The van der Waals surface area contributed by atoms with Crippen molar-refractivity contribution in [3.63, 3.8) is 0 Å². The molecule has 0 spiro atoms. The zero-order valence-electron chi connectivity index (χ0n) is 16.4. The van der Waals surface area contributed by atoms with Gasteiger partial charge < -0.3 is 0 Å². The van der Waals surface area contributed by atoms with Gasteiger partial charge in [0.2, 0.25) is 11.8 Å². The number of rotatable bonds is 2. The molecule has 3 aromatic carbocycles. The molecule has 4 aliphatic rings. The van der Waals surface area contributed by atoms with Crippen molar-refractivity contribution in [1.82, 2.24) is 0 Å². The molecule has 158 valence electrons. The third kappa shape index (κ3) is 2.14. The SMILES string of the molecule is O=C1[C@@H]2[C@@H](C(=O)N1c1ccc(F)cc1[N+](=O)[O-])C1c3ccccc3C2(Cl)c2ccccc21. The van der Waals surface area contributed by atoms with Crippen LogP contribution in [0.3, 0.4) is 0 Å². The fourth-order valence-electron chi connectivity index (χ4n) is 5.75. The van der Waals surface area contributed by atoms with E-state index in [0.717, 1.165) is 39.3 Å². The molecule has 2 atom stereocenters. The number of hydrogen-bond acceptors (Lipinski definition) is 4. The Morgan fingerprint density at radius 2 is 1.53 bits per heavy atom. The molecule has 1 heterocycles. The summed E-state index contributed by atoms with van der Waals surface area (Å²) in [5.74, 6) is -4.15. The molecule has 0 N–H and O–H groups in total. The van der Waals surface area contributed by atoms with E-state index in [9.17, 15) is 24.1 Å². The van der Waals surface area contributed by atoms with Crippen molar-refractivity contribution in [1.29, 1.82) is 0 Å². The first-order chi connectivity index (χ1) is 15.4. The quantitative estimate of drug-likeness (QED) is 0.250. The lowest BCUT2D eigenvalue weighted by Crippen LogP contribution is -2.50. The number of benzene rings is 3. The van der Waals surface area contributed by atoms with E-state index in [4.69, 9.17) is 11.6 Å². The molecular weight excluding hydrogens is 435 g/mol. The van der Waals surface area contributed by atoms with Crippen LogP contribution in [-0.4, -0.2) is 16.7 Å². The van der Waals surface area contributed by atoms with Crippen LogP contribution in [0.1, 0.15) is 28.2 Å². The Hall–Kier alpha value is -3.58. The lowest BCUT2D eigenvalue weighted by atomic mass is 9.54. The second-order valence-electron chi connectivity index (χ2n) is 8.27. The third-order valence-electron chi connectivity index (χ3n) is 6.89. The molecule has 7 rings (SSSR count). The second-order valence-corrected chi connectivity index (χ2v) is 8.87. The maximum Gasteiger partial charge on any atom is 0.296 e. The molecule has 1 fully saturated rings. The van der Waals surface area contributed by atoms with Crippen LogP contribution in [0.2, 0.25) is 0 Å². The Morgan fingerprint density at radius 3 is 2.12 bits per heavy atom. The molecule has 1 aliphatic heterocycles. The third-order valence-corrected chi connectivity index (χ3v) is 7.53. The van der Waals surface area contributed by atoms with E-state index in [2.05, 4.69) is 0 Å². The van der Waals surface area contributed by atoms with Gasteiger partial charge in [0, 0.05) is 5.92 Å². The lowest BCUT2D eigenvalue weighted by Gasteiger charge is -2.50. The highest BCUT2D eigenvalue weighted by molar-refractivity contribution is 6.33. The number of nitrogens with zero attached hydrogens (tertiary/aromatic N) is 2. The van der Waals surface area contributed by atoms with Crippen LogP contribution < -0.4 is 4.90 Å². The number of anilines is 1. The first-order valence-corrected chi connectivity index (χ1v) is 10.4. The van der Waals surface area contributed by atoms with E-state index in [1.54, 1.807) is 0 Å². The van der Waals surface area contributed by atoms with Crippen molar-refractivity contribution < 1.29 is 18.9 Å². The van der Waals surface area contributed by atoms with Crippen LogP contribution in [-0.2, 0) is 14.5 Å². The largest absolute Gasteiger partial charge is 0.296 e. The summed E-state index contributed by atoms with van der Waals surface area (Å²) in [5, 5.41) is 11.6. The summed E-state index contributed by atoms with van der Waals surface area (Å²) in [4.78, 5) is 37.7. The van der Waals surface area contributed by atoms with E-state index >= 15 is 0 Å². The maximum absolute atomic E-state index is 13.7. The Labute approximate surface area is 186 Å². The van der Waals surface area contributed by atoms with Crippen LogP contribution >= 0.6 is 11.6 Å². The highest BCUT2D eigenvalue weighted by atomic mass is 35.5. The highest BCUT2D eigenvalue weighted by Gasteiger charge is 2.68. The number of nitro groups is 1. The molecule has 32 heavy (non-hydrogen) atoms. The van der Waals surface area contributed by atoms with Gasteiger partial charge in [-0.05, 0) is 34.4 Å². The molecule has 0 aromatic heterocycles. The van der Waals surface area contributed by atoms with Crippen molar-refractivity contribution in [3.05, 3.63) is 105 Å². The molecule has 3 aromatic rings. The number of nitro benzene ring substituents is 1. The number of carbonyl (C=O) groups excluding carboxylic acids is 2. The summed E-state index contributed by atoms with van der Waals surface area (Å²) in [6.45, 7) is 0. The van der Waals surface area contributed by atoms with E-state index in [1.165, 1.54) is 0 Å². The fourth-order valence-corrected chi connectivity index (χ4v) is 6.32. The van der Waals surface area contributed by atoms with E-state index < -0.39 is 50.9 Å². The molecule has 8 heteroatoms. The zero-order chi connectivity index (χ0) is 22.4. The smallest absolute Gasteiger partial charge is 0.274 e. The van der Waals surface area contributed by atoms with Gasteiger partial charge in [0.1, 0.15) is 16.4 Å². The first-order valence-electron chi connectivity index (χ1n) is 10.0. The Kier molecular flexibility index (Phi) is 3.73. The average Bonchev–Trinajstić information content (AvgIpc) is 3.06. The van der Waals surface area contributed by atoms with Gasteiger partial charge >= 0.3 is 0 Å². The fraction of sp³-hybridized carbons (Fsp3) is 0.167.